The first-order chi connectivity index (χ1) is 4.18. The van der Waals surface area contributed by atoms with Crippen molar-refractivity contribution in [2.75, 3.05) is 0 Å². The molecule has 0 heterocycles. The van der Waals surface area contributed by atoms with Crippen LogP contribution in [0.5, 0.6) is 0 Å². The third-order valence-corrected chi connectivity index (χ3v) is 1.41. The first-order valence-electron chi connectivity index (χ1n) is 3.54. The van der Waals surface area contributed by atoms with Crippen LogP contribution < -0.4 is 0 Å². The fourth-order valence-electron chi connectivity index (χ4n) is 0.654. The van der Waals surface area contributed by atoms with Gasteiger partial charge in [-0.1, -0.05) is 19.8 Å². The molecule has 0 aliphatic heterocycles. The van der Waals surface area contributed by atoms with Crippen molar-refractivity contribution in [2.45, 2.75) is 45.3 Å². The molecule has 0 aromatic heterocycles. The maximum Gasteiger partial charge on any atom is 0.0796 e. The van der Waals surface area contributed by atoms with Crippen LogP contribution >= 0.6 is 0 Å². The summed E-state index contributed by atoms with van der Waals surface area (Å²) in [5, 5.41) is 17.8. The smallest absolute Gasteiger partial charge is 0.0796 e. The molecule has 0 radical (unpaired) electrons. The highest BCUT2D eigenvalue weighted by atomic mass is 16.3. The van der Waals surface area contributed by atoms with Gasteiger partial charge in [-0.05, 0) is 13.3 Å². The Kier molecular flexibility index (Phi) is 4.72. The second-order valence-electron chi connectivity index (χ2n) is 2.45. The van der Waals surface area contributed by atoms with Gasteiger partial charge < -0.3 is 10.2 Å². The number of aliphatic hydroxyl groups excluding tert-OH is 2. The summed E-state index contributed by atoms with van der Waals surface area (Å²) in [6, 6.07) is 0. The Labute approximate surface area is 56.5 Å². The summed E-state index contributed by atoms with van der Waals surface area (Å²) in [5.41, 5.74) is 0. The van der Waals surface area contributed by atoms with Crippen LogP contribution in [-0.4, -0.2) is 22.4 Å². The zero-order valence-corrected chi connectivity index (χ0v) is 6.17. The summed E-state index contributed by atoms with van der Waals surface area (Å²) < 4.78 is 0. The number of aliphatic hydroxyl groups is 2. The fourth-order valence-corrected chi connectivity index (χ4v) is 0.654. The van der Waals surface area contributed by atoms with E-state index in [1.54, 1.807) is 6.92 Å². The largest absolute Gasteiger partial charge is 0.391 e. The lowest BCUT2D eigenvalue weighted by molar-refractivity contribution is 0.0250. The number of unbranched alkanes of at least 4 members (excludes halogenated alkanes) is 1. The summed E-state index contributed by atoms with van der Waals surface area (Å²) in [4.78, 5) is 0. The van der Waals surface area contributed by atoms with E-state index in [1.807, 2.05) is 0 Å². The van der Waals surface area contributed by atoms with E-state index in [1.165, 1.54) is 0 Å². The minimum atomic E-state index is -0.573. The second-order valence-corrected chi connectivity index (χ2v) is 2.45. The first kappa shape index (κ1) is 8.92. The molecule has 0 bridgehead atoms. The SMILES string of the molecule is CCCC[C@@H](O)[C@@H](C)O. The van der Waals surface area contributed by atoms with Crippen molar-refractivity contribution in [3.05, 3.63) is 0 Å². The Bertz CT molecular complexity index is 61.9. The standard InChI is InChI=1S/C7H16O2/c1-3-4-5-7(9)6(2)8/h6-9H,3-5H2,1-2H3/t6-,7-/m1/s1. The molecule has 2 atom stereocenters. The molecule has 0 aliphatic carbocycles. The summed E-state index contributed by atoms with van der Waals surface area (Å²) in [6.07, 6.45) is 1.69. The Morgan fingerprint density at radius 3 is 2.22 bits per heavy atom. The van der Waals surface area contributed by atoms with Crippen LogP contribution in [0, 0.1) is 0 Å². The molecule has 0 amide bonds. The number of hydrogen-bond donors (Lipinski definition) is 2. The number of hydrogen-bond acceptors (Lipinski definition) is 2. The molecule has 0 fully saturated rings. The number of rotatable bonds is 4. The molecule has 2 nitrogen and oxygen atoms in total. The zero-order chi connectivity index (χ0) is 7.28. The molecule has 0 aliphatic rings. The van der Waals surface area contributed by atoms with E-state index in [4.69, 9.17) is 10.2 Å². The van der Waals surface area contributed by atoms with Crippen molar-refractivity contribution in [1.29, 1.82) is 0 Å². The molecule has 56 valence electrons. The monoisotopic (exact) mass is 132 g/mol. The van der Waals surface area contributed by atoms with Crippen LogP contribution in [0.1, 0.15) is 33.1 Å². The lowest BCUT2D eigenvalue weighted by Crippen LogP contribution is -2.21. The highest BCUT2D eigenvalue weighted by Gasteiger charge is 2.08. The molecule has 0 saturated carbocycles. The molecule has 0 rings (SSSR count). The Morgan fingerprint density at radius 1 is 1.33 bits per heavy atom. The van der Waals surface area contributed by atoms with Crippen molar-refractivity contribution in [2.24, 2.45) is 0 Å². The molecular formula is C7H16O2. The van der Waals surface area contributed by atoms with E-state index in [0.29, 0.717) is 6.42 Å². The fraction of sp³-hybridized carbons (Fsp3) is 1.00. The van der Waals surface area contributed by atoms with E-state index in [-0.39, 0.29) is 0 Å². The highest BCUT2D eigenvalue weighted by molar-refractivity contribution is 4.60. The van der Waals surface area contributed by atoms with Gasteiger partial charge >= 0.3 is 0 Å². The Hall–Kier alpha value is -0.0800. The van der Waals surface area contributed by atoms with Gasteiger partial charge in [0.05, 0.1) is 12.2 Å². The van der Waals surface area contributed by atoms with Gasteiger partial charge in [-0.2, -0.15) is 0 Å². The predicted octanol–water partition coefficient (Wildman–Crippen LogP) is 0.918. The van der Waals surface area contributed by atoms with Gasteiger partial charge in [-0.25, -0.2) is 0 Å². The molecule has 9 heavy (non-hydrogen) atoms. The quantitative estimate of drug-likeness (QED) is 0.597. The van der Waals surface area contributed by atoms with E-state index < -0.39 is 12.2 Å². The molecule has 2 N–H and O–H groups in total. The normalized spacial score (nSPS) is 17.3. The Morgan fingerprint density at radius 2 is 1.89 bits per heavy atom. The van der Waals surface area contributed by atoms with Gasteiger partial charge in [0.15, 0.2) is 0 Å². The molecule has 0 aromatic carbocycles. The van der Waals surface area contributed by atoms with E-state index in [2.05, 4.69) is 6.92 Å². The molecule has 0 aromatic rings. The van der Waals surface area contributed by atoms with E-state index >= 15 is 0 Å². The average molecular weight is 132 g/mol. The summed E-state index contributed by atoms with van der Waals surface area (Å²) in [6.45, 7) is 3.68. The van der Waals surface area contributed by atoms with Gasteiger partial charge in [-0.15, -0.1) is 0 Å². The van der Waals surface area contributed by atoms with E-state index in [0.717, 1.165) is 12.8 Å². The van der Waals surface area contributed by atoms with Crippen LogP contribution in [0.3, 0.4) is 0 Å². The van der Waals surface area contributed by atoms with Crippen molar-refractivity contribution in [1.82, 2.24) is 0 Å². The molecule has 2 heteroatoms. The molecule has 0 unspecified atom stereocenters. The minimum Gasteiger partial charge on any atom is -0.391 e. The minimum absolute atomic E-state index is 0.523. The van der Waals surface area contributed by atoms with Crippen LogP contribution in [0.4, 0.5) is 0 Å². The first-order valence-corrected chi connectivity index (χ1v) is 3.54. The molecule has 0 spiro atoms. The van der Waals surface area contributed by atoms with Crippen molar-refractivity contribution in [3.63, 3.8) is 0 Å². The van der Waals surface area contributed by atoms with Gasteiger partial charge in [0, 0.05) is 0 Å². The van der Waals surface area contributed by atoms with Crippen LogP contribution in [0.25, 0.3) is 0 Å². The average Bonchev–Trinajstić information content (AvgIpc) is 1.82. The lowest BCUT2D eigenvalue weighted by Gasteiger charge is -2.11. The maximum absolute atomic E-state index is 9.01. The van der Waals surface area contributed by atoms with Gasteiger partial charge in [-0.3, -0.25) is 0 Å². The van der Waals surface area contributed by atoms with Crippen LogP contribution in [0.2, 0.25) is 0 Å². The second kappa shape index (κ2) is 4.77. The topological polar surface area (TPSA) is 40.5 Å². The van der Waals surface area contributed by atoms with Crippen LogP contribution in [-0.2, 0) is 0 Å². The van der Waals surface area contributed by atoms with Crippen molar-refractivity contribution < 1.29 is 10.2 Å². The summed E-state index contributed by atoms with van der Waals surface area (Å²) >= 11 is 0. The van der Waals surface area contributed by atoms with Crippen molar-refractivity contribution in [3.8, 4) is 0 Å². The lowest BCUT2D eigenvalue weighted by atomic mass is 10.1. The third-order valence-electron chi connectivity index (χ3n) is 1.41. The maximum atomic E-state index is 9.01. The van der Waals surface area contributed by atoms with Gasteiger partial charge in [0.2, 0.25) is 0 Å². The third kappa shape index (κ3) is 4.43. The summed E-state index contributed by atoms with van der Waals surface area (Å²) in [5.74, 6) is 0. The van der Waals surface area contributed by atoms with E-state index in [9.17, 15) is 0 Å². The Balaban J connectivity index is 3.16. The molecule has 0 saturated heterocycles. The highest BCUT2D eigenvalue weighted by Crippen LogP contribution is 2.03. The molecular weight excluding hydrogens is 116 g/mol. The van der Waals surface area contributed by atoms with Gasteiger partial charge in [0.1, 0.15) is 0 Å². The van der Waals surface area contributed by atoms with Crippen LogP contribution in [0.15, 0.2) is 0 Å². The zero-order valence-electron chi connectivity index (χ0n) is 6.17. The predicted molar refractivity (Wildman–Crippen MR) is 37.2 cm³/mol. The van der Waals surface area contributed by atoms with Crippen molar-refractivity contribution >= 4 is 0 Å². The van der Waals surface area contributed by atoms with Gasteiger partial charge in [0.25, 0.3) is 0 Å². The summed E-state index contributed by atoms with van der Waals surface area (Å²) in [7, 11) is 0.